The molecule has 0 N–H and O–H groups in total. The Morgan fingerprint density at radius 1 is 1.08 bits per heavy atom. The molecule has 0 aromatic heterocycles. The van der Waals surface area contributed by atoms with Crippen LogP contribution in [0.15, 0.2) is 54.6 Å². The largest absolute Gasteiger partial charge is 0.489 e. The number of rotatable bonds is 6. The van der Waals surface area contributed by atoms with Crippen molar-refractivity contribution in [3.63, 3.8) is 0 Å². The van der Waals surface area contributed by atoms with Gasteiger partial charge in [0.1, 0.15) is 18.5 Å². The topological polar surface area (TPSA) is 52.6 Å². The van der Waals surface area contributed by atoms with Crippen molar-refractivity contribution in [2.45, 2.75) is 39.4 Å². The molecule has 0 saturated carbocycles. The van der Waals surface area contributed by atoms with E-state index in [-0.39, 0.29) is 42.7 Å². The highest BCUT2D eigenvalue weighted by Crippen LogP contribution is 2.35. The van der Waals surface area contributed by atoms with E-state index < -0.39 is 0 Å². The molecule has 1 aliphatic heterocycles. The van der Waals surface area contributed by atoms with Crippen LogP contribution in [0.25, 0.3) is 0 Å². The lowest BCUT2D eigenvalue weighted by Gasteiger charge is -2.34. The molecule has 0 bridgehead atoms. The first-order chi connectivity index (χ1) is 12.6. The fourth-order valence-corrected chi connectivity index (χ4v) is 3.33. The van der Waals surface area contributed by atoms with Gasteiger partial charge in [-0.3, -0.25) is 9.59 Å². The van der Waals surface area contributed by atoms with Crippen LogP contribution in [0.2, 0.25) is 0 Å². The minimum atomic E-state index is -0.325. The van der Waals surface area contributed by atoms with E-state index in [9.17, 15) is 9.59 Å². The molecule has 4 heteroatoms. The molecule has 2 atom stereocenters. The second kappa shape index (κ2) is 8.17. The molecule has 0 amide bonds. The number of fused-ring (bicyclic) bond motifs is 1. The highest BCUT2D eigenvalue weighted by molar-refractivity contribution is 6.01. The summed E-state index contributed by atoms with van der Waals surface area (Å²) in [5.41, 5.74) is 1.55. The van der Waals surface area contributed by atoms with Crippen molar-refractivity contribution < 1.29 is 19.1 Å². The lowest BCUT2D eigenvalue weighted by Crippen LogP contribution is -2.41. The molecule has 1 heterocycles. The van der Waals surface area contributed by atoms with Crippen molar-refractivity contribution in [1.29, 1.82) is 0 Å². The molecule has 1 aliphatic rings. The van der Waals surface area contributed by atoms with E-state index in [2.05, 4.69) is 0 Å². The monoisotopic (exact) mass is 352 g/mol. The van der Waals surface area contributed by atoms with Gasteiger partial charge in [0.15, 0.2) is 5.78 Å². The Bertz CT molecular complexity index is 767. The molecule has 2 unspecified atom stereocenters. The Morgan fingerprint density at radius 3 is 2.50 bits per heavy atom. The molecular formula is C22H24O4. The molecule has 136 valence electrons. The van der Waals surface area contributed by atoms with Gasteiger partial charge in [0, 0.05) is 6.42 Å². The van der Waals surface area contributed by atoms with Crippen LogP contribution in [-0.2, 0) is 16.1 Å². The minimum Gasteiger partial charge on any atom is -0.489 e. The summed E-state index contributed by atoms with van der Waals surface area (Å²) in [6, 6.07) is 16.9. The fourth-order valence-electron chi connectivity index (χ4n) is 3.33. The van der Waals surface area contributed by atoms with Crippen LogP contribution in [0.5, 0.6) is 5.75 Å². The lowest BCUT2D eigenvalue weighted by molar-refractivity contribution is -0.145. The van der Waals surface area contributed by atoms with Gasteiger partial charge in [-0.15, -0.1) is 0 Å². The van der Waals surface area contributed by atoms with Crippen LogP contribution in [-0.4, -0.2) is 17.9 Å². The third-order valence-corrected chi connectivity index (χ3v) is 4.71. The minimum absolute atomic E-state index is 0.0569. The van der Waals surface area contributed by atoms with Gasteiger partial charge in [0.25, 0.3) is 0 Å². The van der Waals surface area contributed by atoms with E-state index in [4.69, 9.17) is 9.47 Å². The molecule has 26 heavy (non-hydrogen) atoms. The zero-order valence-electron chi connectivity index (χ0n) is 15.2. The highest BCUT2D eigenvalue weighted by Gasteiger charge is 2.38. The summed E-state index contributed by atoms with van der Waals surface area (Å²) in [7, 11) is 0. The Hall–Kier alpha value is -2.62. The first-order valence-electron chi connectivity index (χ1n) is 9.05. The quantitative estimate of drug-likeness (QED) is 0.722. The van der Waals surface area contributed by atoms with Gasteiger partial charge in [-0.1, -0.05) is 56.3 Å². The highest BCUT2D eigenvalue weighted by atomic mass is 16.5. The lowest BCUT2D eigenvalue weighted by atomic mass is 9.81. The van der Waals surface area contributed by atoms with Crippen LogP contribution in [0.3, 0.4) is 0 Å². The number of ether oxygens (including phenoxy) is 2. The normalized spacial score (nSPS) is 19.0. The van der Waals surface area contributed by atoms with Crippen molar-refractivity contribution >= 4 is 11.8 Å². The van der Waals surface area contributed by atoms with Gasteiger partial charge in [-0.2, -0.15) is 0 Å². The molecule has 4 nitrogen and oxygen atoms in total. The van der Waals surface area contributed by atoms with Crippen molar-refractivity contribution in [3.05, 3.63) is 65.7 Å². The number of hydrogen-bond acceptors (Lipinski definition) is 4. The summed E-state index contributed by atoms with van der Waals surface area (Å²) in [6.07, 6.45) is 0.418. The van der Waals surface area contributed by atoms with Crippen molar-refractivity contribution in [2.24, 2.45) is 11.8 Å². The number of esters is 1. The van der Waals surface area contributed by atoms with Gasteiger partial charge >= 0.3 is 5.97 Å². The average Bonchev–Trinajstić information content (AvgIpc) is 2.66. The Labute approximate surface area is 154 Å². The second-order valence-corrected chi connectivity index (χ2v) is 6.98. The Balaban J connectivity index is 1.62. The third kappa shape index (κ3) is 4.13. The van der Waals surface area contributed by atoms with Gasteiger partial charge in [0.05, 0.1) is 11.5 Å². The van der Waals surface area contributed by atoms with E-state index >= 15 is 0 Å². The Kier molecular flexibility index (Phi) is 5.71. The van der Waals surface area contributed by atoms with E-state index in [1.807, 2.05) is 62.4 Å². The summed E-state index contributed by atoms with van der Waals surface area (Å²) in [6.45, 7) is 4.32. The average molecular weight is 352 g/mol. The Morgan fingerprint density at radius 2 is 1.77 bits per heavy atom. The first-order valence-corrected chi connectivity index (χ1v) is 9.05. The molecule has 0 saturated heterocycles. The number of ketones is 1. The summed E-state index contributed by atoms with van der Waals surface area (Å²) in [5.74, 6) is 0.260. The number of carbonyl (C=O) groups excluding carboxylic acids is 2. The van der Waals surface area contributed by atoms with Crippen molar-refractivity contribution in [3.8, 4) is 5.75 Å². The standard InChI is InChI=1S/C22H24O4/c1-15(2)22-18(21(24)17-10-6-7-11-19(17)26-22)12-13-20(23)25-14-16-8-4-3-5-9-16/h3-11,15,18,22H,12-14H2,1-2H3. The van der Waals surface area contributed by atoms with Gasteiger partial charge in [0.2, 0.25) is 0 Å². The molecule has 2 aromatic carbocycles. The van der Waals surface area contributed by atoms with Gasteiger partial charge < -0.3 is 9.47 Å². The van der Waals surface area contributed by atoms with E-state index in [1.54, 1.807) is 6.07 Å². The second-order valence-electron chi connectivity index (χ2n) is 6.98. The number of benzene rings is 2. The van der Waals surface area contributed by atoms with Crippen LogP contribution in [0, 0.1) is 11.8 Å². The maximum Gasteiger partial charge on any atom is 0.306 e. The SMILES string of the molecule is CC(C)C1Oc2ccccc2C(=O)C1CCC(=O)OCc1ccccc1. The van der Waals surface area contributed by atoms with Crippen LogP contribution in [0.4, 0.5) is 0 Å². The molecule has 0 spiro atoms. The predicted molar refractivity (Wildman–Crippen MR) is 99.0 cm³/mol. The number of carbonyl (C=O) groups is 2. The van der Waals surface area contributed by atoms with Gasteiger partial charge in [-0.05, 0) is 30.0 Å². The zero-order valence-corrected chi connectivity index (χ0v) is 15.2. The summed E-state index contributed by atoms with van der Waals surface area (Å²) < 4.78 is 11.4. The summed E-state index contributed by atoms with van der Waals surface area (Å²) in [4.78, 5) is 25.0. The molecular weight excluding hydrogens is 328 g/mol. The fraction of sp³-hybridized carbons (Fsp3) is 0.364. The number of para-hydroxylation sites is 1. The van der Waals surface area contributed by atoms with E-state index in [0.717, 1.165) is 5.56 Å². The number of hydrogen-bond donors (Lipinski definition) is 0. The molecule has 3 rings (SSSR count). The smallest absolute Gasteiger partial charge is 0.306 e. The van der Waals surface area contributed by atoms with Crippen molar-refractivity contribution in [1.82, 2.24) is 0 Å². The van der Waals surface area contributed by atoms with Crippen LogP contribution in [0.1, 0.15) is 42.6 Å². The molecule has 0 aliphatic carbocycles. The number of Topliss-reactive ketones (excluding diaryl/α,β-unsaturated/α-hetero) is 1. The summed E-state index contributed by atoms with van der Waals surface area (Å²) >= 11 is 0. The molecule has 0 radical (unpaired) electrons. The summed E-state index contributed by atoms with van der Waals surface area (Å²) in [5, 5.41) is 0. The predicted octanol–water partition coefficient (Wildman–Crippen LogP) is 4.43. The van der Waals surface area contributed by atoms with E-state index in [0.29, 0.717) is 17.7 Å². The molecule has 2 aromatic rings. The van der Waals surface area contributed by atoms with Crippen LogP contribution < -0.4 is 4.74 Å². The van der Waals surface area contributed by atoms with Crippen LogP contribution >= 0.6 is 0 Å². The van der Waals surface area contributed by atoms with E-state index in [1.165, 1.54) is 0 Å². The van der Waals surface area contributed by atoms with Gasteiger partial charge in [-0.25, -0.2) is 0 Å². The maximum atomic E-state index is 12.9. The molecule has 0 fully saturated rings. The first kappa shape index (κ1) is 18.2. The zero-order chi connectivity index (χ0) is 18.5. The van der Waals surface area contributed by atoms with Crippen molar-refractivity contribution in [2.75, 3.05) is 0 Å². The third-order valence-electron chi connectivity index (χ3n) is 4.71. The maximum absolute atomic E-state index is 12.9.